The Labute approximate surface area is 104 Å². The van der Waals surface area contributed by atoms with Crippen molar-refractivity contribution in [2.75, 3.05) is 0 Å². The van der Waals surface area contributed by atoms with Gasteiger partial charge in [0.15, 0.2) is 0 Å². The monoisotopic (exact) mass is 248 g/mol. The fourth-order valence-electron chi connectivity index (χ4n) is 1.45. The van der Waals surface area contributed by atoms with Gasteiger partial charge in [-0.3, -0.25) is 0 Å². The molecule has 0 aromatic heterocycles. The first-order valence-electron chi connectivity index (χ1n) is 5.07. The van der Waals surface area contributed by atoms with Gasteiger partial charge >= 0.3 is 0 Å². The number of phenols is 1. The lowest BCUT2D eigenvalue weighted by molar-refractivity contribution is 0.475. The summed E-state index contributed by atoms with van der Waals surface area (Å²) in [6.07, 6.45) is 3.59. The molecule has 17 heavy (non-hydrogen) atoms. The molecule has 0 aliphatic carbocycles. The van der Waals surface area contributed by atoms with E-state index in [2.05, 4.69) is 0 Å². The Bertz CT molecular complexity index is 526. The molecule has 0 unspecified atom stereocenters. The summed E-state index contributed by atoms with van der Waals surface area (Å²) in [6, 6.07) is 11.1. The van der Waals surface area contributed by atoms with Gasteiger partial charge in [-0.1, -0.05) is 35.9 Å². The smallest absolute Gasteiger partial charge is 0.125 e. The molecular formula is C14H10ClFO. The Balaban J connectivity index is 2.22. The highest BCUT2D eigenvalue weighted by atomic mass is 35.5. The van der Waals surface area contributed by atoms with Gasteiger partial charge in [-0.05, 0) is 41.5 Å². The fraction of sp³-hybridized carbons (Fsp3) is 0. The van der Waals surface area contributed by atoms with Crippen molar-refractivity contribution in [2.45, 2.75) is 0 Å². The number of rotatable bonds is 2. The zero-order valence-corrected chi connectivity index (χ0v) is 9.66. The van der Waals surface area contributed by atoms with Crippen LogP contribution in [0.3, 0.4) is 0 Å². The van der Waals surface area contributed by atoms with Gasteiger partial charge in [-0.15, -0.1) is 0 Å². The van der Waals surface area contributed by atoms with Gasteiger partial charge < -0.3 is 5.11 Å². The zero-order valence-electron chi connectivity index (χ0n) is 8.90. The molecule has 0 saturated carbocycles. The molecule has 0 atom stereocenters. The molecule has 0 aliphatic rings. The molecule has 1 N–H and O–H groups in total. The maximum Gasteiger partial charge on any atom is 0.125 e. The summed E-state index contributed by atoms with van der Waals surface area (Å²) in [5.74, 6) is -0.140. The SMILES string of the molecule is Oc1ccc(C=Cc2cc(F)cc(Cl)c2)cc1. The third kappa shape index (κ3) is 3.33. The molecule has 3 heteroatoms. The first kappa shape index (κ1) is 11.7. The fourth-order valence-corrected chi connectivity index (χ4v) is 1.68. The van der Waals surface area contributed by atoms with Gasteiger partial charge in [-0.2, -0.15) is 0 Å². The molecule has 0 spiro atoms. The highest BCUT2D eigenvalue weighted by molar-refractivity contribution is 6.30. The van der Waals surface area contributed by atoms with Gasteiger partial charge in [0.2, 0.25) is 0 Å². The van der Waals surface area contributed by atoms with Crippen molar-refractivity contribution in [3.05, 3.63) is 64.4 Å². The lowest BCUT2D eigenvalue weighted by Gasteiger charge is -1.97. The van der Waals surface area contributed by atoms with Crippen molar-refractivity contribution in [3.8, 4) is 5.75 Å². The van der Waals surface area contributed by atoms with Gasteiger partial charge in [0.1, 0.15) is 11.6 Å². The first-order chi connectivity index (χ1) is 8.13. The summed E-state index contributed by atoms with van der Waals surface area (Å²) < 4.78 is 13.1. The largest absolute Gasteiger partial charge is 0.508 e. The van der Waals surface area contributed by atoms with Gasteiger partial charge in [0.05, 0.1) is 0 Å². The van der Waals surface area contributed by atoms with E-state index in [1.807, 2.05) is 6.08 Å². The molecule has 0 heterocycles. The second-order valence-electron chi connectivity index (χ2n) is 3.63. The predicted molar refractivity (Wildman–Crippen MR) is 68.4 cm³/mol. The molecule has 2 aromatic carbocycles. The van der Waals surface area contributed by atoms with Crippen LogP contribution in [-0.4, -0.2) is 5.11 Å². The van der Waals surface area contributed by atoms with Crippen LogP contribution in [0.15, 0.2) is 42.5 Å². The molecule has 2 rings (SSSR count). The normalized spacial score (nSPS) is 10.9. The second kappa shape index (κ2) is 5.02. The van der Waals surface area contributed by atoms with Crippen molar-refractivity contribution in [1.82, 2.24) is 0 Å². The maximum absolute atomic E-state index is 13.1. The van der Waals surface area contributed by atoms with Crippen LogP contribution in [0, 0.1) is 5.82 Å². The van der Waals surface area contributed by atoms with Crippen molar-refractivity contribution in [1.29, 1.82) is 0 Å². The molecule has 2 aromatic rings. The summed E-state index contributed by atoms with van der Waals surface area (Å²) in [6.45, 7) is 0. The molecule has 0 fully saturated rings. The Morgan fingerprint density at radius 2 is 1.59 bits per heavy atom. The lowest BCUT2D eigenvalue weighted by atomic mass is 10.1. The van der Waals surface area contributed by atoms with Crippen LogP contribution in [0.5, 0.6) is 5.75 Å². The van der Waals surface area contributed by atoms with E-state index >= 15 is 0 Å². The van der Waals surface area contributed by atoms with E-state index in [0.717, 1.165) is 5.56 Å². The topological polar surface area (TPSA) is 20.2 Å². The molecule has 0 amide bonds. The highest BCUT2D eigenvalue weighted by Crippen LogP contribution is 2.17. The Morgan fingerprint density at radius 3 is 2.24 bits per heavy atom. The molecule has 1 nitrogen and oxygen atoms in total. The van der Waals surface area contributed by atoms with E-state index < -0.39 is 0 Å². The number of phenolic OH excluding ortho intramolecular Hbond substituents is 1. The van der Waals surface area contributed by atoms with Crippen LogP contribution >= 0.6 is 11.6 Å². The van der Waals surface area contributed by atoms with E-state index in [9.17, 15) is 4.39 Å². The minimum Gasteiger partial charge on any atom is -0.508 e. The summed E-state index contributed by atoms with van der Waals surface area (Å²) in [4.78, 5) is 0. The van der Waals surface area contributed by atoms with Crippen LogP contribution in [0.2, 0.25) is 5.02 Å². The summed E-state index contributed by atoms with van der Waals surface area (Å²) in [7, 11) is 0. The van der Waals surface area contributed by atoms with E-state index in [1.165, 1.54) is 12.1 Å². The quantitative estimate of drug-likeness (QED) is 0.783. The van der Waals surface area contributed by atoms with E-state index in [0.29, 0.717) is 10.6 Å². The second-order valence-corrected chi connectivity index (χ2v) is 4.06. The van der Waals surface area contributed by atoms with E-state index in [1.54, 1.807) is 36.4 Å². The number of halogens is 2. The van der Waals surface area contributed by atoms with Crippen LogP contribution in [0.1, 0.15) is 11.1 Å². The predicted octanol–water partition coefficient (Wildman–Crippen LogP) is 4.36. The first-order valence-corrected chi connectivity index (χ1v) is 5.44. The van der Waals surface area contributed by atoms with Crippen LogP contribution in [0.4, 0.5) is 4.39 Å². The minimum atomic E-state index is -0.358. The highest BCUT2D eigenvalue weighted by Gasteiger charge is 1.96. The maximum atomic E-state index is 13.1. The number of aromatic hydroxyl groups is 1. The molecule has 0 saturated heterocycles. The van der Waals surface area contributed by atoms with Crippen LogP contribution < -0.4 is 0 Å². The molecule has 86 valence electrons. The van der Waals surface area contributed by atoms with Gasteiger partial charge in [0.25, 0.3) is 0 Å². The van der Waals surface area contributed by atoms with Gasteiger partial charge in [-0.25, -0.2) is 4.39 Å². The molecule has 0 radical (unpaired) electrons. The van der Waals surface area contributed by atoms with E-state index in [4.69, 9.17) is 16.7 Å². The average Bonchev–Trinajstić information content (AvgIpc) is 2.27. The van der Waals surface area contributed by atoms with Crippen LogP contribution in [-0.2, 0) is 0 Å². The van der Waals surface area contributed by atoms with E-state index in [-0.39, 0.29) is 11.6 Å². The Kier molecular flexibility index (Phi) is 3.45. The van der Waals surface area contributed by atoms with Crippen molar-refractivity contribution < 1.29 is 9.50 Å². The van der Waals surface area contributed by atoms with Crippen molar-refractivity contribution in [3.63, 3.8) is 0 Å². The van der Waals surface area contributed by atoms with Crippen molar-refractivity contribution in [2.24, 2.45) is 0 Å². The Hall–Kier alpha value is -1.80. The summed E-state index contributed by atoms with van der Waals surface area (Å²) in [5.41, 5.74) is 1.62. The third-order valence-electron chi connectivity index (χ3n) is 2.25. The number of hydrogen-bond acceptors (Lipinski definition) is 1. The molecular weight excluding hydrogens is 239 g/mol. The summed E-state index contributed by atoms with van der Waals surface area (Å²) >= 11 is 5.75. The average molecular weight is 249 g/mol. The number of benzene rings is 2. The minimum absolute atomic E-state index is 0.218. The lowest BCUT2D eigenvalue weighted by Crippen LogP contribution is -1.78. The van der Waals surface area contributed by atoms with Crippen LogP contribution in [0.25, 0.3) is 12.2 Å². The number of hydrogen-bond donors (Lipinski definition) is 1. The van der Waals surface area contributed by atoms with Crippen molar-refractivity contribution >= 4 is 23.8 Å². The standard InChI is InChI=1S/C14H10ClFO/c15-12-7-11(8-13(16)9-12)2-1-10-3-5-14(17)6-4-10/h1-9,17H. The van der Waals surface area contributed by atoms with Gasteiger partial charge in [0, 0.05) is 5.02 Å². The third-order valence-corrected chi connectivity index (χ3v) is 2.46. The molecule has 0 aliphatic heterocycles. The Morgan fingerprint density at radius 1 is 0.941 bits per heavy atom. The molecule has 0 bridgehead atoms. The summed E-state index contributed by atoms with van der Waals surface area (Å²) in [5, 5.41) is 9.49. The zero-order chi connectivity index (χ0) is 12.3.